The van der Waals surface area contributed by atoms with Crippen LogP contribution < -0.4 is 10.9 Å². The Kier molecular flexibility index (Phi) is 3.59. The SMILES string of the molecule is CC1(CNCc2cc3ccccc3[nH]c2=O)CCCO1. The van der Waals surface area contributed by atoms with E-state index in [9.17, 15) is 4.79 Å². The Labute approximate surface area is 118 Å². The Hall–Kier alpha value is -1.65. The quantitative estimate of drug-likeness (QED) is 0.897. The number of nitrogens with one attached hydrogen (secondary N) is 2. The van der Waals surface area contributed by atoms with Crippen molar-refractivity contribution in [2.75, 3.05) is 13.2 Å². The summed E-state index contributed by atoms with van der Waals surface area (Å²) in [7, 11) is 0. The fourth-order valence-electron chi connectivity index (χ4n) is 2.76. The van der Waals surface area contributed by atoms with Gasteiger partial charge in [-0.25, -0.2) is 0 Å². The summed E-state index contributed by atoms with van der Waals surface area (Å²) in [4.78, 5) is 14.9. The van der Waals surface area contributed by atoms with Crippen LogP contribution in [0.3, 0.4) is 0 Å². The lowest BCUT2D eigenvalue weighted by Gasteiger charge is -2.23. The van der Waals surface area contributed by atoms with Gasteiger partial charge in [-0.05, 0) is 37.3 Å². The maximum Gasteiger partial charge on any atom is 0.252 e. The van der Waals surface area contributed by atoms with E-state index >= 15 is 0 Å². The van der Waals surface area contributed by atoms with E-state index in [1.54, 1.807) is 0 Å². The number of rotatable bonds is 4. The molecule has 1 fully saturated rings. The predicted octanol–water partition coefficient (Wildman–Crippen LogP) is 2.19. The van der Waals surface area contributed by atoms with E-state index in [0.717, 1.165) is 42.5 Å². The Bertz CT molecular complexity index is 657. The van der Waals surface area contributed by atoms with Gasteiger partial charge in [0.2, 0.25) is 0 Å². The van der Waals surface area contributed by atoms with Gasteiger partial charge in [0.05, 0.1) is 5.60 Å². The van der Waals surface area contributed by atoms with Gasteiger partial charge in [0.25, 0.3) is 5.56 Å². The number of aromatic amines is 1. The van der Waals surface area contributed by atoms with Crippen molar-refractivity contribution >= 4 is 10.9 Å². The zero-order valence-electron chi connectivity index (χ0n) is 11.7. The second-order valence-electron chi connectivity index (χ2n) is 5.72. The number of benzene rings is 1. The fraction of sp³-hybridized carbons (Fsp3) is 0.438. The molecule has 4 nitrogen and oxygen atoms in total. The lowest BCUT2D eigenvalue weighted by Crippen LogP contribution is -2.37. The molecule has 1 aromatic heterocycles. The van der Waals surface area contributed by atoms with Gasteiger partial charge < -0.3 is 15.0 Å². The molecule has 0 bridgehead atoms. The highest BCUT2D eigenvalue weighted by atomic mass is 16.5. The summed E-state index contributed by atoms with van der Waals surface area (Å²) in [5.41, 5.74) is 1.55. The number of aromatic nitrogens is 1. The summed E-state index contributed by atoms with van der Waals surface area (Å²) in [5, 5.41) is 4.41. The zero-order valence-corrected chi connectivity index (χ0v) is 11.7. The standard InChI is InChI=1S/C16H20N2O2/c1-16(7-4-8-20-16)11-17-10-13-9-12-5-2-3-6-14(12)18-15(13)19/h2-3,5-6,9,17H,4,7-8,10-11H2,1H3,(H,18,19). The van der Waals surface area contributed by atoms with Crippen LogP contribution in [-0.4, -0.2) is 23.7 Å². The highest BCUT2D eigenvalue weighted by Crippen LogP contribution is 2.23. The van der Waals surface area contributed by atoms with Crippen molar-refractivity contribution in [3.63, 3.8) is 0 Å². The first kappa shape index (κ1) is 13.3. The van der Waals surface area contributed by atoms with Crippen molar-refractivity contribution in [3.8, 4) is 0 Å². The molecule has 0 radical (unpaired) electrons. The van der Waals surface area contributed by atoms with Crippen molar-refractivity contribution < 1.29 is 4.74 Å². The molecule has 4 heteroatoms. The van der Waals surface area contributed by atoms with Crippen molar-refractivity contribution in [1.82, 2.24) is 10.3 Å². The highest BCUT2D eigenvalue weighted by Gasteiger charge is 2.29. The first-order valence-electron chi connectivity index (χ1n) is 7.12. The molecule has 1 unspecified atom stereocenters. The topological polar surface area (TPSA) is 54.1 Å². The first-order valence-corrected chi connectivity index (χ1v) is 7.12. The molecule has 2 heterocycles. The minimum Gasteiger partial charge on any atom is -0.374 e. The monoisotopic (exact) mass is 272 g/mol. The number of pyridine rings is 1. The maximum atomic E-state index is 12.0. The van der Waals surface area contributed by atoms with Crippen LogP contribution in [0.25, 0.3) is 10.9 Å². The van der Waals surface area contributed by atoms with Crippen molar-refractivity contribution in [3.05, 3.63) is 46.2 Å². The number of fused-ring (bicyclic) bond motifs is 1. The lowest BCUT2D eigenvalue weighted by molar-refractivity contribution is 0.0206. The molecule has 0 spiro atoms. The third-order valence-corrected chi connectivity index (χ3v) is 3.95. The van der Waals surface area contributed by atoms with Crippen LogP contribution >= 0.6 is 0 Å². The molecule has 0 amide bonds. The number of ether oxygens (including phenoxy) is 1. The third-order valence-electron chi connectivity index (χ3n) is 3.95. The van der Waals surface area contributed by atoms with Gasteiger partial charge >= 0.3 is 0 Å². The molecule has 0 saturated carbocycles. The average molecular weight is 272 g/mol. The van der Waals surface area contributed by atoms with E-state index in [1.807, 2.05) is 30.3 Å². The highest BCUT2D eigenvalue weighted by molar-refractivity contribution is 5.78. The van der Waals surface area contributed by atoms with Crippen molar-refractivity contribution in [2.24, 2.45) is 0 Å². The molecule has 2 aromatic rings. The van der Waals surface area contributed by atoms with Crippen LogP contribution in [0.2, 0.25) is 0 Å². The molecule has 1 aliphatic rings. The van der Waals surface area contributed by atoms with E-state index in [0.29, 0.717) is 6.54 Å². The van der Waals surface area contributed by atoms with Crippen molar-refractivity contribution in [1.29, 1.82) is 0 Å². The summed E-state index contributed by atoms with van der Waals surface area (Å²) < 4.78 is 5.73. The Balaban J connectivity index is 1.71. The molecule has 1 atom stereocenters. The van der Waals surface area contributed by atoms with Gasteiger partial charge in [-0.1, -0.05) is 18.2 Å². The van der Waals surface area contributed by atoms with Gasteiger partial charge in [-0.3, -0.25) is 4.79 Å². The number of H-pyrrole nitrogens is 1. The summed E-state index contributed by atoms with van der Waals surface area (Å²) in [6, 6.07) is 9.79. The van der Waals surface area contributed by atoms with Crippen LogP contribution in [0.15, 0.2) is 35.1 Å². The van der Waals surface area contributed by atoms with Gasteiger partial charge in [-0.2, -0.15) is 0 Å². The minimum atomic E-state index is -0.0798. The predicted molar refractivity (Wildman–Crippen MR) is 79.9 cm³/mol. The lowest BCUT2D eigenvalue weighted by atomic mass is 10.0. The maximum absolute atomic E-state index is 12.0. The van der Waals surface area contributed by atoms with Gasteiger partial charge in [-0.15, -0.1) is 0 Å². The summed E-state index contributed by atoms with van der Waals surface area (Å²) in [6.45, 7) is 4.31. The smallest absolute Gasteiger partial charge is 0.252 e. The Morgan fingerprint density at radius 2 is 2.25 bits per heavy atom. The molecular weight excluding hydrogens is 252 g/mol. The molecule has 1 aromatic carbocycles. The summed E-state index contributed by atoms with van der Waals surface area (Å²) >= 11 is 0. The fourth-order valence-corrected chi connectivity index (χ4v) is 2.76. The molecular formula is C16H20N2O2. The molecule has 0 aliphatic carbocycles. The molecule has 3 rings (SSSR count). The minimum absolute atomic E-state index is 0.0197. The second kappa shape index (κ2) is 5.38. The van der Waals surface area contributed by atoms with Gasteiger partial charge in [0.1, 0.15) is 0 Å². The molecule has 1 aliphatic heterocycles. The normalized spacial score (nSPS) is 22.4. The summed E-state index contributed by atoms with van der Waals surface area (Å²) in [6.07, 6.45) is 2.20. The van der Waals surface area contributed by atoms with E-state index in [4.69, 9.17) is 4.74 Å². The Morgan fingerprint density at radius 1 is 1.40 bits per heavy atom. The van der Waals surface area contributed by atoms with Crippen LogP contribution in [0.1, 0.15) is 25.3 Å². The summed E-state index contributed by atoms with van der Waals surface area (Å²) in [5.74, 6) is 0. The van der Waals surface area contributed by atoms with Crippen molar-refractivity contribution in [2.45, 2.75) is 31.9 Å². The molecule has 106 valence electrons. The van der Waals surface area contributed by atoms with E-state index < -0.39 is 0 Å². The largest absolute Gasteiger partial charge is 0.374 e. The van der Waals surface area contributed by atoms with Crippen LogP contribution in [0, 0.1) is 0 Å². The molecule has 1 saturated heterocycles. The average Bonchev–Trinajstić information content (AvgIpc) is 2.86. The number of hydrogen-bond acceptors (Lipinski definition) is 3. The Morgan fingerprint density at radius 3 is 3.05 bits per heavy atom. The van der Waals surface area contributed by atoms with E-state index in [1.165, 1.54) is 0 Å². The third kappa shape index (κ3) is 2.76. The van der Waals surface area contributed by atoms with E-state index in [-0.39, 0.29) is 11.2 Å². The van der Waals surface area contributed by atoms with Crippen LogP contribution in [0.4, 0.5) is 0 Å². The number of para-hydroxylation sites is 1. The van der Waals surface area contributed by atoms with E-state index in [2.05, 4.69) is 17.2 Å². The van der Waals surface area contributed by atoms with Gasteiger partial charge in [0.15, 0.2) is 0 Å². The molecule has 20 heavy (non-hydrogen) atoms. The zero-order chi connectivity index (χ0) is 14.0. The van der Waals surface area contributed by atoms with Crippen LogP contribution in [0.5, 0.6) is 0 Å². The van der Waals surface area contributed by atoms with Gasteiger partial charge in [0, 0.05) is 30.8 Å². The van der Waals surface area contributed by atoms with Crippen LogP contribution in [-0.2, 0) is 11.3 Å². The first-order chi connectivity index (χ1) is 9.66. The second-order valence-corrected chi connectivity index (χ2v) is 5.72. The molecule has 2 N–H and O–H groups in total. The number of hydrogen-bond donors (Lipinski definition) is 2.